The summed E-state index contributed by atoms with van der Waals surface area (Å²) in [6.45, 7) is 4.02. The van der Waals surface area contributed by atoms with Crippen molar-refractivity contribution in [2.75, 3.05) is 0 Å². The van der Waals surface area contributed by atoms with E-state index in [9.17, 15) is 0 Å². The van der Waals surface area contributed by atoms with Crippen LogP contribution in [0.1, 0.15) is 11.3 Å². The van der Waals surface area contributed by atoms with Crippen molar-refractivity contribution in [1.82, 2.24) is 20.4 Å². The molecule has 0 spiro atoms. The Kier molecular flexibility index (Phi) is 2.05. The highest BCUT2D eigenvalue weighted by Crippen LogP contribution is 2.35. The van der Waals surface area contributed by atoms with E-state index in [2.05, 4.69) is 20.4 Å². The minimum Gasteiger partial charge on any atom is -0.242 e. The fraction of sp³-hybridized carbons (Fsp3) is 0.200. The number of hydrogen-bond acceptors (Lipinski definition) is 5. The van der Waals surface area contributed by atoms with Crippen LogP contribution in [0.5, 0.6) is 0 Å². The molecule has 0 atom stereocenters. The molecule has 0 radical (unpaired) electrons. The van der Waals surface area contributed by atoms with E-state index in [1.54, 1.807) is 0 Å². The third-order valence-electron chi connectivity index (χ3n) is 2.43. The second-order valence-electron chi connectivity index (χ2n) is 3.62. The van der Waals surface area contributed by atoms with Gasteiger partial charge in [-0.15, -0.1) is 21.5 Å². The number of fused-ring (bicyclic) bond motifs is 3. The van der Waals surface area contributed by atoms with Gasteiger partial charge in [0.05, 0.1) is 4.70 Å². The van der Waals surface area contributed by atoms with Gasteiger partial charge in [-0.1, -0.05) is 11.6 Å². The van der Waals surface area contributed by atoms with Crippen molar-refractivity contribution in [3.8, 4) is 0 Å². The summed E-state index contributed by atoms with van der Waals surface area (Å²) in [5.74, 6) is 0. The zero-order valence-electron chi connectivity index (χ0n) is 8.65. The molecule has 0 aliphatic heterocycles. The molecular weight excluding hydrogens is 244 g/mol. The lowest BCUT2D eigenvalue weighted by molar-refractivity contribution is 0.899. The summed E-state index contributed by atoms with van der Waals surface area (Å²) < 4.78 is 0.855. The van der Waals surface area contributed by atoms with E-state index in [4.69, 9.17) is 11.6 Å². The minimum atomic E-state index is 0.394. The van der Waals surface area contributed by atoms with Gasteiger partial charge >= 0.3 is 0 Å². The zero-order chi connectivity index (χ0) is 11.3. The molecule has 16 heavy (non-hydrogen) atoms. The second-order valence-corrected chi connectivity index (χ2v) is 4.98. The van der Waals surface area contributed by atoms with Gasteiger partial charge in [0, 0.05) is 11.1 Å². The monoisotopic (exact) mass is 250 g/mol. The summed E-state index contributed by atoms with van der Waals surface area (Å²) >= 11 is 7.50. The van der Waals surface area contributed by atoms with Crippen molar-refractivity contribution in [2.45, 2.75) is 13.8 Å². The molecule has 6 heteroatoms. The Labute approximate surface area is 100 Å². The first-order valence-electron chi connectivity index (χ1n) is 4.72. The number of aryl methyl sites for hydroxylation is 2. The lowest BCUT2D eigenvalue weighted by Gasteiger charge is -1.97. The Morgan fingerprint density at radius 2 is 2.06 bits per heavy atom. The molecule has 3 aromatic rings. The predicted molar refractivity (Wildman–Crippen MR) is 65.0 cm³/mol. The van der Waals surface area contributed by atoms with Crippen LogP contribution in [0.2, 0.25) is 5.15 Å². The van der Waals surface area contributed by atoms with E-state index < -0.39 is 0 Å². The normalized spacial score (nSPS) is 11.4. The van der Waals surface area contributed by atoms with Crippen molar-refractivity contribution >= 4 is 43.4 Å². The lowest BCUT2D eigenvalue weighted by Crippen LogP contribution is -1.88. The maximum Gasteiger partial charge on any atom is 0.172 e. The largest absolute Gasteiger partial charge is 0.242 e. The van der Waals surface area contributed by atoms with Crippen LogP contribution in [0.3, 0.4) is 0 Å². The highest BCUT2D eigenvalue weighted by atomic mass is 35.5. The maximum absolute atomic E-state index is 5.99. The minimum absolute atomic E-state index is 0.394. The van der Waals surface area contributed by atoms with Gasteiger partial charge in [0.25, 0.3) is 0 Å². The Morgan fingerprint density at radius 3 is 2.88 bits per heavy atom. The van der Waals surface area contributed by atoms with Gasteiger partial charge in [-0.2, -0.15) is 0 Å². The number of nitrogens with zero attached hydrogens (tertiary/aromatic N) is 4. The molecule has 0 amide bonds. The average Bonchev–Trinajstić information content (AvgIpc) is 2.57. The predicted octanol–water partition coefficient (Wildman–Crippen LogP) is 2.90. The van der Waals surface area contributed by atoms with Gasteiger partial charge in [0.15, 0.2) is 5.15 Å². The second kappa shape index (κ2) is 3.33. The first-order valence-corrected chi connectivity index (χ1v) is 5.91. The molecule has 4 nitrogen and oxygen atoms in total. The molecule has 0 aromatic carbocycles. The van der Waals surface area contributed by atoms with Crippen molar-refractivity contribution < 1.29 is 0 Å². The Bertz CT molecular complexity index is 707. The van der Waals surface area contributed by atoms with Crippen LogP contribution in [0.4, 0.5) is 0 Å². The zero-order valence-corrected chi connectivity index (χ0v) is 10.2. The third kappa shape index (κ3) is 1.28. The van der Waals surface area contributed by atoms with Gasteiger partial charge in [-0.05, 0) is 30.7 Å². The fourth-order valence-corrected chi connectivity index (χ4v) is 3.16. The molecule has 0 aliphatic carbocycles. The molecule has 0 bridgehead atoms. The van der Waals surface area contributed by atoms with Gasteiger partial charge in [-0.3, -0.25) is 0 Å². The highest BCUT2D eigenvalue weighted by Gasteiger charge is 2.13. The Morgan fingerprint density at radius 1 is 1.25 bits per heavy atom. The van der Waals surface area contributed by atoms with E-state index in [-0.39, 0.29) is 0 Å². The van der Waals surface area contributed by atoms with Crippen LogP contribution < -0.4 is 0 Å². The first-order chi connectivity index (χ1) is 7.66. The Balaban J connectivity index is 2.61. The molecule has 80 valence electrons. The average molecular weight is 251 g/mol. The molecule has 0 aliphatic rings. The highest BCUT2D eigenvalue weighted by molar-refractivity contribution is 7.25. The number of pyridine rings is 1. The molecule has 3 aromatic heterocycles. The molecule has 0 fully saturated rings. The molecule has 0 unspecified atom stereocenters. The van der Waals surface area contributed by atoms with Crippen molar-refractivity contribution in [3.63, 3.8) is 0 Å². The summed E-state index contributed by atoms with van der Waals surface area (Å²) in [6, 6.07) is 2.03. The van der Waals surface area contributed by atoms with E-state index in [0.717, 1.165) is 31.7 Å². The maximum atomic E-state index is 5.99. The SMILES string of the molecule is Cc1cc(C)c2c(n1)sc1c(Cl)nnnc12. The quantitative estimate of drug-likeness (QED) is 0.616. The number of thiophene rings is 1. The standard InChI is InChI=1S/C10H7ClN4S/c1-4-3-5(2)12-10-6(4)7-8(16-10)9(11)14-15-13-7/h3H,1-2H3. The summed E-state index contributed by atoms with van der Waals surface area (Å²) in [5.41, 5.74) is 2.93. The summed E-state index contributed by atoms with van der Waals surface area (Å²) in [6.07, 6.45) is 0. The van der Waals surface area contributed by atoms with E-state index in [1.165, 1.54) is 11.3 Å². The van der Waals surface area contributed by atoms with Crippen LogP contribution in [0.25, 0.3) is 20.4 Å². The van der Waals surface area contributed by atoms with Crippen LogP contribution in [-0.4, -0.2) is 20.4 Å². The van der Waals surface area contributed by atoms with Crippen molar-refractivity contribution in [2.24, 2.45) is 0 Å². The van der Waals surface area contributed by atoms with E-state index >= 15 is 0 Å². The van der Waals surface area contributed by atoms with Gasteiger partial charge in [-0.25, -0.2) is 4.98 Å². The fourth-order valence-electron chi connectivity index (χ4n) is 1.81. The summed E-state index contributed by atoms with van der Waals surface area (Å²) in [5, 5.41) is 12.9. The van der Waals surface area contributed by atoms with E-state index in [0.29, 0.717) is 5.15 Å². The summed E-state index contributed by atoms with van der Waals surface area (Å²) in [7, 11) is 0. The lowest BCUT2D eigenvalue weighted by atomic mass is 10.1. The number of rotatable bonds is 0. The smallest absolute Gasteiger partial charge is 0.172 e. The number of aromatic nitrogens is 4. The van der Waals surface area contributed by atoms with Gasteiger partial charge in [0.1, 0.15) is 10.3 Å². The molecule has 0 saturated carbocycles. The number of hydrogen-bond donors (Lipinski definition) is 0. The topological polar surface area (TPSA) is 51.6 Å². The first kappa shape index (κ1) is 9.86. The summed E-state index contributed by atoms with van der Waals surface area (Å²) in [4.78, 5) is 5.42. The molecule has 0 saturated heterocycles. The Hall–Kier alpha value is -1.33. The molecule has 0 N–H and O–H groups in total. The van der Waals surface area contributed by atoms with Crippen LogP contribution in [0.15, 0.2) is 6.07 Å². The third-order valence-corrected chi connectivity index (χ3v) is 3.88. The number of halogens is 1. The van der Waals surface area contributed by atoms with Gasteiger partial charge in [0.2, 0.25) is 0 Å². The van der Waals surface area contributed by atoms with Crippen molar-refractivity contribution in [3.05, 3.63) is 22.5 Å². The molecular formula is C10H7ClN4S. The van der Waals surface area contributed by atoms with Crippen LogP contribution in [-0.2, 0) is 0 Å². The van der Waals surface area contributed by atoms with E-state index in [1.807, 2.05) is 19.9 Å². The molecule has 3 rings (SSSR count). The van der Waals surface area contributed by atoms with Crippen molar-refractivity contribution in [1.29, 1.82) is 0 Å². The molecule has 3 heterocycles. The van der Waals surface area contributed by atoms with Gasteiger partial charge < -0.3 is 0 Å². The van der Waals surface area contributed by atoms with Crippen LogP contribution >= 0.6 is 22.9 Å². The van der Waals surface area contributed by atoms with Crippen LogP contribution in [0, 0.1) is 13.8 Å².